The van der Waals surface area contributed by atoms with Gasteiger partial charge in [-0.3, -0.25) is 4.79 Å². The van der Waals surface area contributed by atoms with E-state index in [9.17, 15) is 4.79 Å². The number of para-hydroxylation sites is 1. The Bertz CT molecular complexity index is 1070. The van der Waals surface area contributed by atoms with E-state index in [1.54, 1.807) is 6.07 Å². The number of carbonyl (C=O) groups excluding carboxylic acids is 1. The smallest absolute Gasteiger partial charge is 0.256 e. The van der Waals surface area contributed by atoms with Gasteiger partial charge in [0.2, 0.25) is 0 Å². The van der Waals surface area contributed by atoms with Crippen LogP contribution in [-0.2, 0) is 18.4 Å². The van der Waals surface area contributed by atoms with E-state index in [2.05, 4.69) is 50.4 Å². The molecule has 0 saturated carbocycles. The molecule has 0 fully saturated rings. The first-order chi connectivity index (χ1) is 15.2. The van der Waals surface area contributed by atoms with Crippen molar-refractivity contribution in [3.05, 3.63) is 99.0 Å². The third-order valence-corrected chi connectivity index (χ3v) is 6.30. The molecular formula is C27H30Cl2N2O. The van der Waals surface area contributed by atoms with Gasteiger partial charge in [0.05, 0.1) is 15.6 Å². The third-order valence-electron chi connectivity index (χ3n) is 5.56. The summed E-state index contributed by atoms with van der Waals surface area (Å²) in [6, 6.07) is 21.8. The van der Waals surface area contributed by atoms with Crippen molar-refractivity contribution in [1.29, 1.82) is 0 Å². The lowest BCUT2D eigenvalue weighted by molar-refractivity contribution is 0.0746. The number of nitrogens with zero attached hydrogens (tertiary/aromatic N) is 1. The number of anilines is 1. The molecule has 5 heteroatoms. The zero-order valence-electron chi connectivity index (χ0n) is 19.1. The van der Waals surface area contributed by atoms with Crippen LogP contribution in [0.4, 0.5) is 5.69 Å². The molecule has 1 N–H and O–H groups in total. The number of nitrogens with one attached hydrogen (secondary N) is 1. The Labute approximate surface area is 201 Å². The number of hydrogen-bond acceptors (Lipinski definition) is 2. The first-order valence-electron chi connectivity index (χ1n) is 10.8. The van der Waals surface area contributed by atoms with E-state index < -0.39 is 0 Å². The van der Waals surface area contributed by atoms with E-state index in [-0.39, 0.29) is 11.3 Å². The standard InChI is InChI=1S/C27H30Cl2N2O/c1-27(2,3)21-12-9-20(10-13-21)18-31(16-15-19-11-14-23(28)24(29)17-19)26(32)22-7-5-6-8-25(22)30-4/h5-14,17,30H,15-16,18H2,1-4H3. The maximum absolute atomic E-state index is 13.5. The van der Waals surface area contributed by atoms with Crippen LogP contribution in [0.2, 0.25) is 10.0 Å². The molecule has 0 saturated heterocycles. The molecule has 32 heavy (non-hydrogen) atoms. The monoisotopic (exact) mass is 468 g/mol. The second-order valence-electron chi connectivity index (χ2n) is 8.97. The largest absolute Gasteiger partial charge is 0.387 e. The van der Waals surface area contributed by atoms with Crippen LogP contribution in [-0.4, -0.2) is 24.4 Å². The van der Waals surface area contributed by atoms with Crippen molar-refractivity contribution in [3.63, 3.8) is 0 Å². The number of rotatable bonds is 7. The molecule has 0 radical (unpaired) electrons. The minimum atomic E-state index is -0.00471. The van der Waals surface area contributed by atoms with Crippen LogP contribution < -0.4 is 5.32 Å². The van der Waals surface area contributed by atoms with Gasteiger partial charge in [-0.1, -0.05) is 86.4 Å². The van der Waals surface area contributed by atoms with Crippen LogP contribution in [0, 0.1) is 0 Å². The molecule has 0 bridgehead atoms. The number of hydrogen-bond donors (Lipinski definition) is 1. The molecule has 0 atom stereocenters. The van der Waals surface area contributed by atoms with Crippen LogP contribution in [0.25, 0.3) is 0 Å². The van der Waals surface area contributed by atoms with Gasteiger partial charge in [0, 0.05) is 25.8 Å². The van der Waals surface area contributed by atoms with Gasteiger partial charge >= 0.3 is 0 Å². The van der Waals surface area contributed by atoms with E-state index in [0.717, 1.165) is 16.8 Å². The summed E-state index contributed by atoms with van der Waals surface area (Å²) in [6.07, 6.45) is 0.685. The summed E-state index contributed by atoms with van der Waals surface area (Å²) >= 11 is 12.2. The lowest BCUT2D eigenvalue weighted by atomic mass is 9.87. The van der Waals surface area contributed by atoms with Gasteiger partial charge in [0.25, 0.3) is 5.91 Å². The van der Waals surface area contributed by atoms with Crippen molar-refractivity contribution >= 4 is 34.8 Å². The van der Waals surface area contributed by atoms with Gasteiger partial charge in [0.1, 0.15) is 0 Å². The van der Waals surface area contributed by atoms with Gasteiger partial charge in [-0.25, -0.2) is 0 Å². The SMILES string of the molecule is CNc1ccccc1C(=O)N(CCc1ccc(Cl)c(Cl)c1)Cc1ccc(C(C)(C)C)cc1. The predicted molar refractivity (Wildman–Crippen MR) is 136 cm³/mol. The molecule has 3 rings (SSSR count). The van der Waals surface area contributed by atoms with Crippen LogP contribution in [0.3, 0.4) is 0 Å². The first kappa shape index (κ1) is 24.2. The average Bonchev–Trinajstić information content (AvgIpc) is 2.78. The lowest BCUT2D eigenvalue weighted by Gasteiger charge is -2.25. The van der Waals surface area contributed by atoms with E-state index in [4.69, 9.17) is 23.2 Å². The minimum Gasteiger partial charge on any atom is -0.387 e. The number of benzene rings is 3. The highest BCUT2D eigenvalue weighted by Crippen LogP contribution is 2.25. The fraction of sp³-hybridized carbons (Fsp3) is 0.296. The van der Waals surface area contributed by atoms with Gasteiger partial charge in [-0.05, 0) is 52.8 Å². The molecule has 3 nitrogen and oxygen atoms in total. The van der Waals surface area contributed by atoms with E-state index in [1.165, 1.54) is 5.56 Å². The van der Waals surface area contributed by atoms with Crippen molar-refractivity contribution in [1.82, 2.24) is 4.90 Å². The molecule has 0 aliphatic rings. The molecule has 168 valence electrons. The quantitative estimate of drug-likeness (QED) is 0.396. The van der Waals surface area contributed by atoms with E-state index in [1.807, 2.05) is 48.3 Å². The highest BCUT2D eigenvalue weighted by atomic mass is 35.5. The Morgan fingerprint density at radius 1 is 0.906 bits per heavy atom. The zero-order chi connectivity index (χ0) is 23.3. The fourth-order valence-electron chi connectivity index (χ4n) is 3.60. The maximum Gasteiger partial charge on any atom is 0.256 e. The minimum absolute atomic E-state index is 0.00471. The van der Waals surface area contributed by atoms with Crippen LogP contribution in [0.5, 0.6) is 0 Å². The van der Waals surface area contributed by atoms with Crippen LogP contribution in [0.15, 0.2) is 66.7 Å². The summed E-state index contributed by atoms with van der Waals surface area (Å²) in [5.41, 5.74) is 4.99. The molecule has 1 amide bonds. The Morgan fingerprint density at radius 3 is 2.19 bits per heavy atom. The van der Waals surface area contributed by atoms with E-state index in [0.29, 0.717) is 35.1 Å². The van der Waals surface area contributed by atoms with Crippen molar-refractivity contribution in [3.8, 4) is 0 Å². The Hall–Kier alpha value is -2.49. The highest BCUT2D eigenvalue weighted by Gasteiger charge is 2.20. The first-order valence-corrected chi connectivity index (χ1v) is 11.5. The summed E-state index contributed by atoms with van der Waals surface area (Å²) < 4.78 is 0. The Balaban J connectivity index is 1.86. The second-order valence-corrected chi connectivity index (χ2v) is 9.78. The Morgan fingerprint density at radius 2 is 1.56 bits per heavy atom. The van der Waals surface area contributed by atoms with Crippen molar-refractivity contribution in [2.24, 2.45) is 0 Å². The summed E-state index contributed by atoms with van der Waals surface area (Å²) in [5.74, 6) is -0.00471. The summed E-state index contributed by atoms with van der Waals surface area (Å²) in [6.45, 7) is 7.69. The van der Waals surface area contributed by atoms with Gasteiger partial charge in [-0.2, -0.15) is 0 Å². The molecular weight excluding hydrogens is 439 g/mol. The van der Waals surface area contributed by atoms with E-state index >= 15 is 0 Å². The maximum atomic E-state index is 13.5. The number of halogens is 2. The molecule has 0 heterocycles. The van der Waals surface area contributed by atoms with Gasteiger partial charge in [0.15, 0.2) is 0 Å². The molecule has 0 unspecified atom stereocenters. The Kier molecular flexibility index (Phi) is 7.86. The number of amides is 1. The average molecular weight is 469 g/mol. The zero-order valence-corrected chi connectivity index (χ0v) is 20.6. The summed E-state index contributed by atoms with van der Waals surface area (Å²) in [5, 5.41) is 4.19. The topological polar surface area (TPSA) is 32.3 Å². The van der Waals surface area contributed by atoms with Crippen molar-refractivity contribution < 1.29 is 4.79 Å². The van der Waals surface area contributed by atoms with Crippen LogP contribution in [0.1, 0.15) is 47.8 Å². The predicted octanol–water partition coefficient (Wildman–Crippen LogP) is 7.22. The normalized spacial score (nSPS) is 11.3. The molecule has 0 spiro atoms. The van der Waals surface area contributed by atoms with Crippen LogP contribution >= 0.6 is 23.2 Å². The number of carbonyl (C=O) groups is 1. The van der Waals surface area contributed by atoms with Crippen molar-refractivity contribution in [2.75, 3.05) is 18.9 Å². The van der Waals surface area contributed by atoms with Gasteiger partial charge in [-0.15, -0.1) is 0 Å². The second kappa shape index (κ2) is 10.4. The highest BCUT2D eigenvalue weighted by molar-refractivity contribution is 6.42. The molecule has 0 aliphatic carbocycles. The van der Waals surface area contributed by atoms with Gasteiger partial charge < -0.3 is 10.2 Å². The molecule has 3 aromatic rings. The third kappa shape index (κ3) is 6.05. The molecule has 0 aromatic heterocycles. The molecule has 3 aromatic carbocycles. The lowest BCUT2D eigenvalue weighted by Crippen LogP contribution is -2.33. The van der Waals surface area contributed by atoms with Crippen molar-refractivity contribution in [2.45, 2.75) is 39.2 Å². The summed E-state index contributed by atoms with van der Waals surface area (Å²) in [4.78, 5) is 15.4. The fourth-order valence-corrected chi connectivity index (χ4v) is 3.92. The molecule has 0 aliphatic heterocycles. The summed E-state index contributed by atoms with van der Waals surface area (Å²) in [7, 11) is 1.83.